The number of aromatic nitrogens is 2. The summed E-state index contributed by atoms with van der Waals surface area (Å²) in [5.74, 6) is 0. The maximum atomic E-state index is 11.6. The van der Waals surface area contributed by atoms with Crippen molar-refractivity contribution in [1.82, 2.24) is 9.78 Å². The molecule has 0 aliphatic rings. The van der Waals surface area contributed by atoms with Crippen LogP contribution in [0.1, 0.15) is 26.3 Å². The molecule has 0 fully saturated rings. The normalized spacial score (nSPS) is 11.2. The number of anilines is 2. The molecule has 3 N–H and O–H groups in total. The zero-order chi connectivity index (χ0) is 15.5. The van der Waals surface area contributed by atoms with Crippen molar-refractivity contribution in [1.29, 1.82) is 0 Å². The van der Waals surface area contributed by atoms with Gasteiger partial charge in [-0.2, -0.15) is 5.10 Å². The molecule has 0 spiro atoms. The van der Waals surface area contributed by atoms with Crippen molar-refractivity contribution < 1.29 is 9.53 Å². The number of hydrogen-bond donors (Lipinski definition) is 2. The molecule has 112 valence electrons. The Morgan fingerprint density at radius 3 is 2.52 bits per heavy atom. The Morgan fingerprint density at radius 2 is 2.00 bits per heavy atom. The van der Waals surface area contributed by atoms with Gasteiger partial charge in [-0.05, 0) is 38.5 Å². The van der Waals surface area contributed by atoms with Crippen LogP contribution in [-0.4, -0.2) is 21.5 Å². The van der Waals surface area contributed by atoms with E-state index < -0.39 is 11.7 Å². The van der Waals surface area contributed by atoms with E-state index in [0.29, 0.717) is 17.9 Å². The summed E-state index contributed by atoms with van der Waals surface area (Å²) < 4.78 is 6.95. The quantitative estimate of drug-likeness (QED) is 0.909. The molecular formula is C15H20N4O2. The molecule has 6 heteroatoms. The highest BCUT2D eigenvalue weighted by Crippen LogP contribution is 2.13. The lowest BCUT2D eigenvalue weighted by molar-refractivity contribution is 0.0636. The Balaban J connectivity index is 1.94. The van der Waals surface area contributed by atoms with Gasteiger partial charge in [0.15, 0.2) is 0 Å². The van der Waals surface area contributed by atoms with E-state index in [0.717, 1.165) is 5.56 Å². The van der Waals surface area contributed by atoms with Crippen molar-refractivity contribution in [3.8, 4) is 0 Å². The molecule has 0 saturated heterocycles. The minimum Gasteiger partial charge on any atom is -0.444 e. The van der Waals surface area contributed by atoms with E-state index in [1.807, 2.05) is 45.0 Å². The van der Waals surface area contributed by atoms with Crippen molar-refractivity contribution in [2.24, 2.45) is 0 Å². The van der Waals surface area contributed by atoms with Gasteiger partial charge in [0.2, 0.25) is 0 Å². The van der Waals surface area contributed by atoms with Crippen LogP contribution in [0, 0.1) is 0 Å². The van der Waals surface area contributed by atoms with Gasteiger partial charge in [-0.1, -0.05) is 12.1 Å². The third-order valence-electron chi connectivity index (χ3n) is 2.60. The van der Waals surface area contributed by atoms with Crippen LogP contribution in [0.25, 0.3) is 0 Å². The second-order valence-electron chi connectivity index (χ2n) is 5.80. The smallest absolute Gasteiger partial charge is 0.412 e. The second-order valence-corrected chi connectivity index (χ2v) is 5.80. The van der Waals surface area contributed by atoms with Gasteiger partial charge in [0, 0.05) is 11.9 Å². The van der Waals surface area contributed by atoms with Crippen molar-refractivity contribution in [2.75, 3.05) is 11.1 Å². The molecule has 2 aromatic rings. The van der Waals surface area contributed by atoms with E-state index in [2.05, 4.69) is 10.4 Å². The van der Waals surface area contributed by atoms with Crippen LogP contribution < -0.4 is 11.1 Å². The van der Waals surface area contributed by atoms with Gasteiger partial charge >= 0.3 is 6.09 Å². The number of hydrogen-bond acceptors (Lipinski definition) is 4. The average molecular weight is 288 g/mol. The molecule has 0 bridgehead atoms. The maximum absolute atomic E-state index is 11.6. The van der Waals surface area contributed by atoms with Crippen LogP contribution in [0.3, 0.4) is 0 Å². The van der Waals surface area contributed by atoms with Crippen LogP contribution in [0.15, 0.2) is 36.7 Å². The first-order chi connectivity index (χ1) is 9.82. The molecule has 21 heavy (non-hydrogen) atoms. The van der Waals surface area contributed by atoms with E-state index in [-0.39, 0.29) is 0 Å². The first kappa shape index (κ1) is 14.9. The molecule has 2 rings (SSSR count). The average Bonchev–Trinajstić information content (AvgIpc) is 2.75. The summed E-state index contributed by atoms with van der Waals surface area (Å²) in [6.45, 7) is 6.10. The molecule has 0 radical (unpaired) electrons. The molecule has 1 aromatic carbocycles. The van der Waals surface area contributed by atoms with E-state index >= 15 is 0 Å². The number of benzene rings is 1. The number of nitrogen functional groups attached to an aromatic ring is 1. The molecule has 0 aliphatic heterocycles. The first-order valence-corrected chi connectivity index (χ1v) is 6.69. The number of carbonyl (C=O) groups is 1. The molecule has 6 nitrogen and oxygen atoms in total. The van der Waals surface area contributed by atoms with Crippen LogP contribution in [0.5, 0.6) is 0 Å². The summed E-state index contributed by atoms with van der Waals surface area (Å²) in [5.41, 5.74) is 7.49. The SMILES string of the molecule is CC(C)(C)OC(=O)Nc1ccc(Cn2cc(N)cn2)cc1. The highest BCUT2D eigenvalue weighted by molar-refractivity contribution is 5.84. The summed E-state index contributed by atoms with van der Waals surface area (Å²) >= 11 is 0. The summed E-state index contributed by atoms with van der Waals surface area (Å²) in [7, 11) is 0. The molecule has 0 aliphatic carbocycles. The van der Waals surface area contributed by atoms with Gasteiger partial charge in [-0.15, -0.1) is 0 Å². The number of rotatable bonds is 3. The Morgan fingerprint density at radius 1 is 1.33 bits per heavy atom. The van der Waals surface area contributed by atoms with E-state index in [9.17, 15) is 4.79 Å². The Labute approximate surface area is 123 Å². The summed E-state index contributed by atoms with van der Waals surface area (Å²) in [6, 6.07) is 7.49. The second kappa shape index (κ2) is 5.87. The monoisotopic (exact) mass is 288 g/mol. The first-order valence-electron chi connectivity index (χ1n) is 6.69. The zero-order valence-corrected chi connectivity index (χ0v) is 12.5. The molecule has 1 heterocycles. The van der Waals surface area contributed by atoms with Crippen LogP contribution in [0.4, 0.5) is 16.2 Å². The molecular weight excluding hydrogens is 268 g/mol. The lowest BCUT2D eigenvalue weighted by Crippen LogP contribution is -2.27. The molecule has 0 atom stereocenters. The fraction of sp³-hybridized carbons (Fsp3) is 0.333. The Bertz CT molecular complexity index is 611. The highest BCUT2D eigenvalue weighted by atomic mass is 16.6. The summed E-state index contributed by atoms with van der Waals surface area (Å²) in [6.07, 6.45) is 2.92. The van der Waals surface area contributed by atoms with E-state index in [4.69, 9.17) is 10.5 Å². The number of nitrogens with two attached hydrogens (primary N) is 1. The molecule has 0 saturated carbocycles. The van der Waals surface area contributed by atoms with Gasteiger partial charge in [0.1, 0.15) is 5.60 Å². The number of nitrogens with zero attached hydrogens (tertiary/aromatic N) is 2. The zero-order valence-electron chi connectivity index (χ0n) is 12.5. The Kier molecular flexibility index (Phi) is 4.16. The molecule has 1 amide bonds. The van der Waals surface area contributed by atoms with Crippen molar-refractivity contribution >= 4 is 17.5 Å². The lowest BCUT2D eigenvalue weighted by Gasteiger charge is -2.19. The standard InChI is InChI=1S/C15H20N4O2/c1-15(2,3)21-14(20)18-13-6-4-11(5-7-13)9-19-10-12(16)8-17-19/h4-8,10H,9,16H2,1-3H3,(H,18,20). The largest absolute Gasteiger partial charge is 0.444 e. The number of carbonyl (C=O) groups excluding carboxylic acids is 1. The van der Waals surface area contributed by atoms with E-state index in [1.54, 1.807) is 17.1 Å². The van der Waals surface area contributed by atoms with Gasteiger partial charge in [0.05, 0.1) is 18.4 Å². The lowest BCUT2D eigenvalue weighted by atomic mass is 10.2. The Hall–Kier alpha value is -2.50. The highest BCUT2D eigenvalue weighted by Gasteiger charge is 2.16. The van der Waals surface area contributed by atoms with Gasteiger partial charge in [-0.3, -0.25) is 10.00 Å². The minimum atomic E-state index is -0.510. The predicted molar refractivity (Wildman–Crippen MR) is 82.0 cm³/mol. The third-order valence-corrected chi connectivity index (χ3v) is 2.60. The van der Waals surface area contributed by atoms with Gasteiger partial charge < -0.3 is 10.5 Å². The molecule has 1 aromatic heterocycles. The topological polar surface area (TPSA) is 82.2 Å². The van der Waals surface area contributed by atoms with Gasteiger partial charge in [-0.25, -0.2) is 4.79 Å². The predicted octanol–water partition coefficient (Wildman–Crippen LogP) is 2.86. The van der Waals surface area contributed by atoms with Crippen LogP contribution in [0.2, 0.25) is 0 Å². The van der Waals surface area contributed by atoms with Crippen LogP contribution >= 0.6 is 0 Å². The fourth-order valence-electron chi connectivity index (χ4n) is 1.77. The van der Waals surface area contributed by atoms with Gasteiger partial charge in [0.25, 0.3) is 0 Å². The fourth-order valence-corrected chi connectivity index (χ4v) is 1.77. The summed E-state index contributed by atoms with van der Waals surface area (Å²) in [5, 5.41) is 6.81. The minimum absolute atomic E-state index is 0.463. The van der Waals surface area contributed by atoms with Crippen LogP contribution in [-0.2, 0) is 11.3 Å². The maximum Gasteiger partial charge on any atom is 0.412 e. The number of amides is 1. The summed E-state index contributed by atoms with van der Waals surface area (Å²) in [4.78, 5) is 11.6. The number of nitrogens with one attached hydrogen (secondary N) is 1. The van der Waals surface area contributed by atoms with Crippen molar-refractivity contribution in [3.63, 3.8) is 0 Å². The number of ether oxygens (including phenoxy) is 1. The van der Waals surface area contributed by atoms with E-state index in [1.165, 1.54) is 0 Å². The third kappa shape index (κ3) is 4.83. The van der Waals surface area contributed by atoms with Crippen molar-refractivity contribution in [3.05, 3.63) is 42.2 Å². The van der Waals surface area contributed by atoms with Crippen molar-refractivity contribution in [2.45, 2.75) is 32.9 Å². The molecule has 0 unspecified atom stereocenters.